The van der Waals surface area contributed by atoms with Gasteiger partial charge in [-0.1, -0.05) is 30.7 Å². The predicted octanol–water partition coefficient (Wildman–Crippen LogP) is 2.02. The van der Waals surface area contributed by atoms with Gasteiger partial charge in [-0.3, -0.25) is 9.69 Å². The number of carbonyl (C=O) groups excluding carboxylic acids is 1. The van der Waals surface area contributed by atoms with E-state index in [4.69, 9.17) is 11.6 Å². The molecule has 2 unspecified atom stereocenters. The number of amides is 1. The summed E-state index contributed by atoms with van der Waals surface area (Å²) in [5.74, 6) is 0.290. The first kappa shape index (κ1) is 16.7. The average Bonchev–Trinajstić information content (AvgIpc) is 3.05. The van der Waals surface area contributed by atoms with Crippen molar-refractivity contribution in [3.8, 4) is 0 Å². The van der Waals surface area contributed by atoms with Gasteiger partial charge in [0.05, 0.1) is 0 Å². The maximum absolute atomic E-state index is 12.7. The van der Waals surface area contributed by atoms with E-state index in [9.17, 15) is 4.79 Å². The fraction of sp³-hybridized carbons (Fsp3) is 0.611. The molecule has 2 fully saturated rings. The number of nitrogens with zero attached hydrogens (tertiary/aromatic N) is 2. The van der Waals surface area contributed by atoms with Gasteiger partial charge in [-0.15, -0.1) is 0 Å². The van der Waals surface area contributed by atoms with Crippen LogP contribution < -0.4 is 5.32 Å². The van der Waals surface area contributed by atoms with Gasteiger partial charge in [0, 0.05) is 56.3 Å². The molecular weight excluding hydrogens is 310 g/mol. The molecule has 0 aromatic heterocycles. The molecule has 5 heteroatoms. The fourth-order valence-corrected chi connectivity index (χ4v) is 3.92. The number of benzene rings is 1. The molecule has 126 valence electrons. The van der Waals surface area contributed by atoms with Crippen LogP contribution in [0.1, 0.15) is 18.9 Å². The normalized spacial score (nSPS) is 23.9. The van der Waals surface area contributed by atoms with Crippen LogP contribution in [0, 0.1) is 5.92 Å². The highest BCUT2D eigenvalue weighted by Gasteiger charge is 2.32. The van der Waals surface area contributed by atoms with E-state index >= 15 is 0 Å². The van der Waals surface area contributed by atoms with E-state index in [-0.39, 0.29) is 11.8 Å². The lowest BCUT2D eigenvalue weighted by atomic mass is 10.00. The minimum atomic E-state index is 0.00948. The minimum absolute atomic E-state index is 0.00948. The monoisotopic (exact) mass is 335 g/mol. The fourth-order valence-electron chi connectivity index (χ4n) is 3.70. The molecule has 1 aromatic rings. The highest BCUT2D eigenvalue weighted by atomic mass is 35.5. The van der Waals surface area contributed by atoms with Crippen molar-refractivity contribution >= 4 is 17.5 Å². The van der Waals surface area contributed by atoms with E-state index in [1.165, 1.54) is 0 Å². The quantitative estimate of drug-likeness (QED) is 0.914. The van der Waals surface area contributed by atoms with Crippen LogP contribution in [0.15, 0.2) is 24.3 Å². The van der Waals surface area contributed by atoms with Gasteiger partial charge in [0.15, 0.2) is 0 Å². The van der Waals surface area contributed by atoms with Gasteiger partial charge < -0.3 is 10.2 Å². The van der Waals surface area contributed by atoms with Crippen molar-refractivity contribution in [1.82, 2.24) is 15.1 Å². The van der Waals surface area contributed by atoms with E-state index in [0.29, 0.717) is 6.04 Å². The Labute approximate surface area is 143 Å². The zero-order valence-corrected chi connectivity index (χ0v) is 14.6. The molecule has 0 aliphatic carbocycles. The summed E-state index contributed by atoms with van der Waals surface area (Å²) in [4.78, 5) is 17.3. The third-order valence-corrected chi connectivity index (χ3v) is 5.23. The van der Waals surface area contributed by atoms with Gasteiger partial charge in [-0.2, -0.15) is 0 Å². The van der Waals surface area contributed by atoms with Gasteiger partial charge in [0.25, 0.3) is 0 Å². The Kier molecular flexibility index (Phi) is 5.57. The molecule has 2 heterocycles. The van der Waals surface area contributed by atoms with Crippen molar-refractivity contribution in [2.75, 3.05) is 39.3 Å². The predicted molar refractivity (Wildman–Crippen MR) is 93.7 cm³/mol. The molecule has 4 nitrogen and oxygen atoms in total. The molecule has 1 aromatic carbocycles. The lowest BCUT2D eigenvalue weighted by Gasteiger charge is -2.32. The number of hydrogen-bond acceptors (Lipinski definition) is 3. The summed E-state index contributed by atoms with van der Waals surface area (Å²) in [5, 5.41) is 4.13. The summed E-state index contributed by atoms with van der Waals surface area (Å²) in [6.45, 7) is 8.15. The molecule has 0 bridgehead atoms. The molecule has 23 heavy (non-hydrogen) atoms. The van der Waals surface area contributed by atoms with E-state index < -0.39 is 0 Å². The van der Waals surface area contributed by atoms with Crippen molar-refractivity contribution < 1.29 is 4.79 Å². The summed E-state index contributed by atoms with van der Waals surface area (Å²) in [6, 6.07) is 8.36. The first-order chi connectivity index (χ1) is 11.1. The first-order valence-corrected chi connectivity index (χ1v) is 8.99. The topological polar surface area (TPSA) is 35.6 Å². The van der Waals surface area contributed by atoms with Gasteiger partial charge in [0.1, 0.15) is 0 Å². The third-order valence-electron chi connectivity index (χ3n) is 5.00. The van der Waals surface area contributed by atoms with Gasteiger partial charge in [0.2, 0.25) is 5.91 Å². The van der Waals surface area contributed by atoms with Crippen molar-refractivity contribution in [3.05, 3.63) is 34.9 Å². The highest BCUT2D eigenvalue weighted by molar-refractivity contribution is 6.30. The zero-order valence-electron chi connectivity index (χ0n) is 13.8. The first-order valence-electron chi connectivity index (χ1n) is 8.61. The summed E-state index contributed by atoms with van der Waals surface area (Å²) in [7, 11) is 0. The Morgan fingerprint density at radius 1 is 1.35 bits per heavy atom. The number of nitrogens with one attached hydrogen (secondary N) is 1. The second-order valence-corrected chi connectivity index (χ2v) is 7.18. The van der Waals surface area contributed by atoms with Crippen LogP contribution in [0.2, 0.25) is 5.02 Å². The van der Waals surface area contributed by atoms with Crippen LogP contribution in [0.3, 0.4) is 0 Å². The van der Waals surface area contributed by atoms with Crippen LogP contribution >= 0.6 is 11.6 Å². The van der Waals surface area contributed by atoms with Crippen LogP contribution in [-0.4, -0.2) is 61.0 Å². The Balaban J connectivity index is 1.53. The second kappa shape index (κ2) is 7.65. The van der Waals surface area contributed by atoms with Crippen molar-refractivity contribution in [1.29, 1.82) is 0 Å². The summed E-state index contributed by atoms with van der Waals surface area (Å²) in [5.41, 5.74) is 1.14. The maximum Gasteiger partial charge on any atom is 0.225 e. The van der Waals surface area contributed by atoms with Crippen molar-refractivity contribution in [2.45, 2.75) is 25.8 Å². The Hall–Kier alpha value is -1.10. The zero-order chi connectivity index (χ0) is 16.2. The van der Waals surface area contributed by atoms with Gasteiger partial charge in [-0.25, -0.2) is 0 Å². The standard InChI is InChI=1S/C18H26ClN3O/c1-14(11-15-3-2-4-16(19)12-15)18(23)22-8-5-17(13-22)21-9-6-20-7-10-21/h2-4,12,14,17,20H,5-11,13H2,1H3. The van der Waals surface area contributed by atoms with Gasteiger partial charge in [-0.05, 0) is 30.5 Å². The highest BCUT2D eigenvalue weighted by Crippen LogP contribution is 2.21. The molecule has 0 radical (unpaired) electrons. The molecule has 2 saturated heterocycles. The van der Waals surface area contributed by atoms with E-state index in [1.807, 2.05) is 31.2 Å². The SMILES string of the molecule is CC(Cc1cccc(Cl)c1)C(=O)N1CCC(N2CCNCC2)C1. The number of rotatable bonds is 4. The summed E-state index contributed by atoms with van der Waals surface area (Å²) >= 11 is 6.03. The molecule has 1 amide bonds. The lowest BCUT2D eigenvalue weighted by Crippen LogP contribution is -2.49. The molecule has 1 N–H and O–H groups in total. The van der Waals surface area contributed by atoms with E-state index in [0.717, 1.165) is 62.7 Å². The second-order valence-electron chi connectivity index (χ2n) is 6.75. The largest absolute Gasteiger partial charge is 0.341 e. The smallest absolute Gasteiger partial charge is 0.225 e. The van der Waals surface area contributed by atoms with Crippen molar-refractivity contribution in [2.24, 2.45) is 5.92 Å². The molecular formula is C18H26ClN3O. The number of halogens is 1. The molecule has 2 aliphatic heterocycles. The molecule has 0 spiro atoms. The number of likely N-dealkylation sites (tertiary alicyclic amines) is 1. The van der Waals surface area contributed by atoms with Crippen LogP contribution in [0.25, 0.3) is 0 Å². The van der Waals surface area contributed by atoms with Crippen LogP contribution in [0.4, 0.5) is 0 Å². The van der Waals surface area contributed by atoms with E-state index in [1.54, 1.807) is 0 Å². The van der Waals surface area contributed by atoms with Crippen molar-refractivity contribution in [3.63, 3.8) is 0 Å². The molecule has 3 rings (SSSR count). The Bertz CT molecular complexity index is 545. The molecule has 2 aliphatic rings. The average molecular weight is 336 g/mol. The number of piperazine rings is 1. The van der Waals surface area contributed by atoms with Gasteiger partial charge >= 0.3 is 0 Å². The molecule has 0 saturated carbocycles. The summed E-state index contributed by atoms with van der Waals surface area (Å²) < 4.78 is 0. The number of hydrogen-bond donors (Lipinski definition) is 1. The Morgan fingerprint density at radius 3 is 2.87 bits per heavy atom. The Morgan fingerprint density at radius 2 is 2.13 bits per heavy atom. The van der Waals surface area contributed by atoms with E-state index in [2.05, 4.69) is 15.1 Å². The number of carbonyl (C=O) groups is 1. The summed E-state index contributed by atoms with van der Waals surface area (Å²) in [6.07, 6.45) is 1.86. The third kappa shape index (κ3) is 4.25. The maximum atomic E-state index is 12.7. The molecule has 2 atom stereocenters. The lowest BCUT2D eigenvalue weighted by molar-refractivity contribution is -0.134. The van der Waals surface area contributed by atoms with Crippen LogP contribution in [-0.2, 0) is 11.2 Å². The minimum Gasteiger partial charge on any atom is -0.341 e. The van der Waals surface area contributed by atoms with Crippen LogP contribution in [0.5, 0.6) is 0 Å².